The van der Waals surface area contributed by atoms with E-state index in [1.54, 1.807) is 4.68 Å². The third kappa shape index (κ3) is 2.97. The molecule has 0 spiro atoms. The van der Waals surface area contributed by atoms with Gasteiger partial charge in [0.25, 0.3) is 0 Å². The van der Waals surface area contributed by atoms with Gasteiger partial charge < -0.3 is 5.73 Å². The predicted molar refractivity (Wildman–Crippen MR) is 78.4 cm³/mol. The maximum atomic E-state index is 10.6. The normalized spacial score (nSPS) is 10.9. The first-order valence-electron chi connectivity index (χ1n) is 5.89. The Hall–Kier alpha value is -2.34. The van der Waals surface area contributed by atoms with Crippen LogP contribution in [0.25, 0.3) is 5.69 Å². The molecule has 0 aliphatic heterocycles. The van der Waals surface area contributed by atoms with E-state index in [1.807, 2.05) is 38.1 Å². The molecule has 0 fully saturated rings. The van der Waals surface area contributed by atoms with Gasteiger partial charge in [-0.25, -0.2) is 14.9 Å². The molecule has 0 saturated heterocycles. The average molecular weight is 292 g/mol. The van der Waals surface area contributed by atoms with Crippen LogP contribution in [0.4, 0.5) is 4.79 Å². The van der Waals surface area contributed by atoms with Crippen molar-refractivity contribution in [2.24, 2.45) is 10.8 Å². The third-order valence-corrected chi connectivity index (χ3v) is 3.06. The minimum absolute atomic E-state index is 0.418. The highest BCUT2D eigenvalue weighted by atomic mass is 35.5. The molecule has 104 valence electrons. The van der Waals surface area contributed by atoms with Crippen molar-refractivity contribution in [2.75, 3.05) is 0 Å². The molecule has 2 rings (SSSR count). The summed E-state index contributed by atoms with van der Waals surface area (Å²) in [5.74, 6) is 0. The lowest BCUT2D eigenvalue weighted by Gasteiger charge is -2.03. The largest absolute Gasteiger partial charge is 0.350 e. The number of nitrogens with one attached hydrogen (secondary N) is 1. The van der Waals surface area contributed by atoms with Crippen LogP contribution in [-0.2, 0) is 0 Å². The minimum atomic E-state index is -0.735. The molecule has 0 saturated carbocycles. The van der Waals surface area contributed by atoms with E-state index in [0.717, 1.165) is 11.3 Å². The van der Waals surface area contributed by atoms with Crippen LogP contribution in [0.1, 0.15) is 16.8 Å². The number of urea groups is 1. The Kier molecular flexibility index (Phi) is 4.05. The van der Waals surface area contributed by atoms with Gasteiger partial charge in [-0.05, 0) is 26.0 Å². The fourth-order valence-corrected chi connectivity index (χ4v) is 2.00. The Labute approximate surface area is 121 Å². The number of carbonyl (C=O) groups excluding carboxylic acids is 1. The lowest BCUT2D eigenvalue weighted by molar-refractivity contribution is 0.249. The van der Waals surface area contributed by atoms with Gasteiger partial charge in [-0.2, -0.15) is 10.2 Å². The minimum Gasteiger partial charge on any atom is -0.350 e. The van der Waals surface area contributed by atoms with E-state index in [1.165, 1.54) is 6.21 Å². The molecular weight excluding hydrogens is 278 g/mol. The molecule has 0 bridgehead atoms. The highest BCUT2D eigenvalue weighted by Crippen LogP contribution is 2.22. The van der Waals surface area contributed by atoms with Crippen LogP contribution in [0, 0.1) is 13.8 Å². The van der Waals surface area contributed by atoms with Crippen LogP contribution in [0.15, 0.2) is 29.4 Å². The molecule has 1 aromatic heterocycles. The molecular formula is C13H14ClN5O. The van der Waals surface area contributed by atoms with E-state index in [4.69, 9.17) is 17.3 Å². The van der Waals surface area contributed by atoms with Crippen molar-refractivity contribution in [2.45, 2.75) is 13.8 Å². The van der Waals surface area contributed by atoms with Gasteiger partial charge in [-0.15, -0.1) is 0 Å². The zero-order valence-electron chi connectivity index (χ0n) is 11.1. The van der Waals surface area contributed by atoms with Crippen molar-refractivity contribution in [3.8, 4) is 5.69 Å². The highest BCUT2D eigenvalue weighted by molar-refractivity contribution is 6.32. The molecule has 7 heteroatoms. The molecule has 2 amide bonds. The summed E-state index contributed by atoms with van der Waals surface area (Å²) in [6.07, 6.45) is 1.42. The summed E-state index contributed by atoms with van der Waals surface area (Å²) < 4.78 is 1.61. The Morgan fingerprint density at radius 3 is 2.65 bits per heavy atom. The molecule has 20 heavy (non-hydrogen) atoms. The Bertz CT molecular complexity index is 660. The topological polar surface area (TPSA) is 85.3 Å². The van der Waals surface area contributed by atoms with Gasteiger partial charge in [-0.3, -0.25) is 0 Å². The van der Waals surface area contributed by atoms with Gasteiger partial charge in [0.1, 0.15) is 5.15 Å². The van der Waals surface area contributed by atoms with Gasteiger partial charge in [0.15, 0.2) is 0 Å². The van der Waals surface area contributed by atoms with E-state index < -0.39 is 6.03 Å². The summed E-state index contributed by atoms with van der Waals surface area (Å²) in [6.45, 7) is 3.81. The van der Waals surface area contributed by atoms with Crippen LogP contribution in [0.3, 0.4) is 0 Å². The first-order valence-corrected chi connectivity index (χ1v) is 6.27. The number of hydrogen-bond donors (Lipinski definition) is 2. The van der Waals surface area contributed by atoms with Gasteiger partial charge in [-0.1, -0.05) is 29.3 Å². The predicted octanol–water partition coefficient (Wildman–Crippen LogP) is 2.14. The van der Waals surface area contributed by atoms with E-state index >= 15 is 0 Å². The Morgan fingerprint density at radius 2 is 2.05 bits per heavy atom. The summed E-state index contributed by atoms with van der Waals surface area (Å²) in [5.41, 5.74) is 10.4. The van der Waals surface area contributed by atoms with Gasteiger partial charge in [0, 0.05) is 0 Å². The smallest absolute Gasteiger partial charge is 0.332 e. The molecule has 0 aliphatic rings. The van der Waals surface area contributed by atoms with Crippen molar-refractivity contribution in [3.05, 3.63) is 46.2 Å². The fraction of sp³-hybridized carbons (Fsp3) is 0.154. The van der Waals surface area contributed by atoms with E-state index in [0.29, 0.717) is 16.4 Å². The summed E-state index contributed by atoms with van der Waals surface area (Å²) >= 11 is 6.28. The van der Waals surface area contributed by atoms with Crippen molar-refractivity contribution in [1.29, 1.82) is 0 Å². The van der Waals surface area contributed by atoms with Crippen molar-refractivity contribution in [1.82, 2.24) is 15.2 Å². The van der Waals surface area contributed by atoms with Crippen molar-refractivity contribution < 1.29 is 4.79 Å². The lowest BCUT2D eigenvalue weighted by Crippen LogP contribution is -2.24. The quantitative estimate of drug-likeness (QED) is 0.670. The second-order valence-corrected chi connectivity index (χ2v) is 4.63. The van der Waals surface area contributed by atoms with Crippen LogP contribution >= 0.6 is 11.6 Å². The third-order valence-electron chi connectivity index (χ3n) is 2.69. The number of carbonyl (C=O) groups is 1. The first kappa shape index (κ1) is 14.1. The second kappa shape index (κ2) is 5.75. The summed E-state index contributed by atoms with van der Waals surface area (Å²) in [6, 6.07) is 7.07. The van der Waals surface area contributed by atoms with E-state index in [2.05, 4.69) is 15.6 Å². The number of halogens is 1. The number of hydrogen-bond acceptors (Lipinski definition) is 3. The molecule has 6 nitrogen and oxygen atoms in total. The number of benzene rings is 1. The van der Waals surface area contributed by atoms with Crippen molar-refractivity contribution >= 4 is 23.8 Å². The zero-order chi connectivity index (χ0) is 14.7. The number of rotatable bonds is 3. The van der Waals surface area contributed by atoms with Crippen LogP contribution in [0.5, 0.6) is 0 Å². The molecule has 1 heterocycles. The fourth-order valence-electron chi connectivity index (χ4n) is 1.68. The second-order valence-electron chi connectivity index (χ2n) is 4.27. The van der Waals surface area contributed by atoms with E-state index in [-0.39, 0.29) is 0 Å². The van der Waals surface area contributed by atoms with Gasteiger partial charge in [0.05, 0.1) is 23.2 Å². The number of nitrogens with zero attached hydrogens (tertiary/aromatic N) is 3. The SMILES string of the molecule is Cc1ccc(-n2nc(C)c(/C=N/NC(N)=O)c2Cl)cc1. The van der Waals surface area contributed by atoms with Gasteiger partial charge in [0.2, 0.25) is 0 Å². The standard InChI is InChI=1S/C13H14ClN5O/c1-8-3-5-10(6-4-8)19-12(14)11(9(2)18-19)7-16-17-13(15)20/h3-7H,1-2H3,(H3,15,17,20)/b16-7+. The number of aryl methyl sites for hydroxylation is 2. The molecule has 0 aliphatic carbocycles. The Morgan fingerprint density at radius 1 is 1.40 bits per heavy atom. The first-order chi connectivity index (χ1) is 9.49. The molecule has 0 unspecified atom stereocenters. The molecule has 0 atom stereocenters. The monoisotopic (exact) mass is 291 g/mol. The number of aromatic nitrogens is 2. The Balaban J connectivity index is 2.35. The van der Waals surface area contributed by atoms with Crippen LogP contribution in [0.2, 0.25) is 5.15 Å². The zero-order valence-corrected chi connectivity index (χ0v) is 11.8. The highest BCUT2D eigenvalue weighted by Gasteiger charge is 2.13. The maximum absolute atomic E-state index is 10.6. The summed E-state index contributed by atoms with van der Waals surface area (Å²) in [4.78, 5) is 10.6. The van der Waals surface area contributed by atoms with Crippen molar-refractivity contribution in [3.63, 3.8) is 0 Å². The molecule has 3 N–H and O–H groups in total. The summed E-state index contributed by atoms with van der Waals surface area (Å²) in [7, 11) is 0. The number of nitrogens with two attached hydrogens (primary N) is 1. The lowest BCUT2D eigenvalue weighted by atomic mass is 10.2. The van der Waals surface area contributed by atoms with Crippen LogP contribution in [-0.4, -0.2) is 22.0 Å². The van der Waals surface area contributed by atoms with Crippen LogP contribution < -0.4 is 11.2 Å². The van der Waals surface area contributed by atoms with E-state index in [9.17, 15) is 4.79 Å². The maximum Gasteiger partial charge on any atom is 0.332 e. The molecule has 1 aromatic carbocycles. The number of primary amides is 1. The summed E-state index contributed by atoms with van der Waals surface area (Å²) in [5, 5.41) is 8.47. The number of amides is 2. The molecule has 0 radical (unpaired) electrons. The van der Waals surface area contributed by atoms with Gasteiger partial charge >= 0.3 is 6.03 Å². The molecule has 2 aromatic rings. The average Bonchev–Trinajstić information content (AvgIpc) is 2.67. The number of hydrazone groups is 1.